The Balaban J connectivity index is 2.81. The van der Waals surface area contributed by atoms with Gasteiger partial charge in [-0.1, -0.05) is 18.2 Å². The number of benzene rings is 1. The molecule has 0 spiro atoms. The highest BCUT2D eigenvalue weighted by Crippen LogP contribution is 2.17. The zero-order valence-electron chi connectivity index (χ0n) is 8.82. The Kier molecular flexibility index (Phi) is 4.41. The maximum absolute atomic E-state index is 11.7. The molecule has 0 saturated carbocycles. The highest BCUT2D eigenvalue weighted by atomic mass is 16.5. The molecule has 0 aliphatic heterocycles. The van der Waals surface area contributed by atoms with Crippen molar-refractivity contribution in [1.29, 1.82) is 0 Å². The van der Waals surface area contributed by atoms with Crippen LogP contribution in [0.4, 0.5) is 0 Å². The second-order valence-electron chi connectivity index (χ2n) is 2.93. The fraction of sp³-hybridized carbons (Fsp3) is 0.250. The summed E-state index contributed by atoms with van der Waals surface area (Å²) in [4.78, 5) is 11.7. The van der Waals surface area contributed by atoms with Gasteiger partial charge in [0, 0.05) is 6.54 Å². The third-order valence-electron chi connectivity index (χ3n) is 1.84. The van der Waals surface area contributed by atoms with E-state index in [-0.39, 0.29) is 5.91 Å². The molecule has 0 radical (unpaired) electrons. The van der Waals surface area contributed by atoms with Crippen LogP contribution in [0.1, 0.15) is 17.3 Å². The molecule has 0 unspecified atom stereocenters. The van der Waals surface area contributed by atoms with Gasteiger partial charge in [0.05, 0.1) is 12.2 Å². The average Bonchev–Trinajstić information content (AvgIpc) is 2.27. The summed E-state index contributed by atoms with van der Waals surface area (Å²) in [5.74, 6) is 0.473. The number of amides is 1. The predicted octanol–water partition coefficient (Wildman–Crippen LogP) is 2.00. The van der Waals surface area contributed by atoms with Gasteiger partial charge in [-0.25, -0.2) is 0 Å². The second kappa shape index (κ2) is 5.86. The molecule has 0 atom stereocenters. The van der Waals surface area contributed by atoms with E-state index in [9.17, 15) is 4.79 Å². The van der Waals surface area contributed by atoms with Gasteiger partial charge in [-0.2, -0.15) is 0 Å². The number of para-hydroxylation sites is 1. The van der Waals surface area contributed by atoms with Crippen LogP contribution < -0.4 is 10.1 Å². The average molecular weight is 205 g/mol. The lowest BCUT2D eigenvalue weighted by Gasteiger charge is -2.09. The third kappa shape index (κ3) is 3.13. The Hall–Kier alpha value is -1.77. The van der Waals surface area contributed by atoms with Crippen LogP contribution in [0.25, 0.3) is 0 Å². The SMILES string of the molecule is C=CCNC(=O)c1ccccc1OCC. The Labute approximate surface area is 89.8 Å². The molecule has 1 rings (SSSR count). The summed E-state index contributed by atoms with van der Waals surface area (Å²) in [7, 11) is 0. The fourth-order valence-corrected chi connectivity index (χ4v) is 1.20. The first-order chi connectivity index (χ1) is 7.29. The Morgan fingerprint density at radius 2 is 2.27 bits per heavy atom. The van der Waals surface area contributed by atoms with Crippen molar-refractivity contribution in [2.45, 2.75) is 6.92 Å². The molecule has 0 heterocycles. The van der Waals surface area contributed by atoms with Gasteiger partial charge in [0.2, 0.25) is 0 Å². The van der Waals surface area contributed by atoms with Crippen LogP contribution in [0, 0.1) is 0 Å². The number of nitrogens with one attached hydrogen (secondary N) is 1. The van der Waals surface area contributed by atoms with E-state index < -0.39 is 0 Å². The van der Waals surface area contributed by atoms with E-state index in [0.29, 0.717) is 24.5 Å². The first-order valence-electron chi connectivity index (χ1n) is 4.90. The van der Waals surface area contributed by atoms with Crippen molar-refractivity contribution in [2.24, 2.45) is 0 Å². The molecule has 0 saturated heterocycles. The number of carbonyl (C=O) groups is 1. The van der Waals surface area contributed by atoms with E-state index >= 15 is 0 Å². The maximum Gasteiger partial charge on any atom is 0.255 e. The molecule has 1 amide bonds. The van der Waals surface area contributed by atoms with Crippen LogP contribution in [0.5, 0.6) is 5.75 Å². The molecule has 0 aromatic heterocycles. The molecule has 0 fully saturated rings. The van der Waals surface area contributed by atoms with Crippen molar-refractivity contribution < 1.29 is 9.53 Å². The zero-order chi connectivity index (χ0) is 11.1. The summed E-state index contributed by atoms with van der Waals surface area (Å²) < 4.78 is 5.35. The normalized spacial score (nSPS) is 9.40. The Morgan fingerprint density at radius 3 is 2.93 bits per heavy atom. The van der Waals surface area contributed by atoms with E-state index in [1.54, 1.807) is 18.2 Å². The van der Waals surface area contributed by atoms with Gasteiger partial charge in [0.15, 0.2) is 0 Å². The molecule has 0 aliphatic carbocycles. The van der Waals surface area contributed by atoms with Crippen molar-refractivity contribution in [3.05, 3.63) is 42.5 Å². The van der Waals surface area contributed by atoms with E-state index in [2.05, 4.69) is 11.9 Å². The number of carbonyl (C=O) groups excluding carboxylic acids is 1. The lowest BCUT2D eigenvalue weighted by Crippen LogP contribution is -2.23. The van der Waals surface area contributed by atoms with E-state index in [1.165, 1.54) is 0 Å². The van der Waals surface area contributed by atoms with Crippen molar-refractivity contribution in [3.63, 3.8) is 0 Å². The largest absolute Gasteiger partial charge is 0.493 e. The summed E-state index contributed by atoms with van der Waals surface area (Å²) in [5, 5.41) is 2.71. The van der Waals surface area contributed by atoms with E-state index in [1.807, 2.05) is 19.1 Å². The van der Waals surface area contributed by atoms with Crippen LogP contribution in [-0.4, -0.2) is 19.1 Å². The summed E-state index contributed by atoms with van der Waals surface area (Å²) in [6, 6.07) is 7.18. The molecule has 1 N–H and O–H groups in total. The fourth-order valence-electron chi connectivity index (χ4n) is 1.20. The number of hydrogen-bond acceptors (Lipinski definition) is 2. The Bertz CT molecular complexity index is 347. The summed E-state index contributed by atoms with van der Waals surface area (Å²) in [5.41, 5.74) is 0.557. The number of hydrogen-bond donors (Lipinski definition) is 1. The van der Waals surface area contributed by atoms with Gasteiger partial charge in [-0.3, -0.25) is 4.79 Å². The molecular formula is C12H15NO2. The van der Waals surface area contributed by atoms with Crippen molar-refractivity contribution >= 4 is 5.91 Å². The van der Waals surface area contributed by atoms with E-state index in [4.69, 9.17) is 4.74 Å². The minimum Gasteiger partial charge on any atom is -0.493 e. The minimum absolute atomic E-state index is 0.140. The third-order valence-corrected chi connectivity index (χ3v) is 1.84. The van der Waals surface area contributed by atoms with Gasteiger partial charge >= 0.3 is 0 Å². The van der Waals surface area contributed by atoms with Crippen LogP contribution in [0.2, 0.25) is 0 Å². The molecule has 15 heavy (non-hydrogen) atoms. The molecule has 0 aliphatic rings. The second-order valence-corrected chi connectivity index (χ2v) is 2.93. The lowest BCUT2D eigenvalue weighted by molar-refractivity contribution is 0.0954. The highest BCUT2D eigenvalue weighted by Gasteiger charge is 2.09. The van der Waals surface area contributed by atoms with Crippen LogP contribution in [0.15, 0.2) is 36.9 Å². The predicted molar refractivity (Wildman–Crippen MR) is 60.1 cm³/mol. The standard InChI is InChI=1S/C12H15NO2/c1-3-9-13-12(14)10-7-5-6-8-11(10)15-4-2/h3,5-8H,1,4,9H2,2H3,(H,13,14). The van der Waals surface area contributed by atoms with Gasteiger partial charge in [0.25, 0.3) is 5.91 Å². The van der Waals surface area contributed by atoms with Crippen molar-refractivity contribution in [2.75, 3.05) is 13.2 Å². The zero-order valence-corrected chi connectivity index (χ0v) is 8.82. The number of ether oxygens (including phenoxy) is 1. The van der Waals surface area contributed by atoms with E-state index in [0.717, 1.165) is 0 Å². The van der Waals surface area contributed by atoms with Crippen molar-refractivity contribution in [1.82, 2.24) is 5.32 Å². The maximum atomic E-state index is 11.7. The molecular weight excluding hydrogens is 190 g/mol. The molecule has 0 bridgehead atoms. The summed E-state index contributed by atoms with van der Waals surface area (Å²) >= 11 is 0. The van der Waals surface area contributed by atoms with Gasteiger partial charge < -0.3 is 10.1 Å². The molecule has 1 aromatic rings. The van der Waals surface area contributed by atoms with Gasteiger partial charge in [-0.05, 0) is 19.1 Å². The van der Waals surface area contributed by atoms with Gasteiger partial charge in [-0.15, -0.1) is 6.58 Å². The van der Waals surface area contributed by atoms with Gasteiger partial charge in [0.1, 0.15) is 5.75 Å². The summed E-state index contributed by atoms with van der Waals surface area (Å²) in [6.07, 6.45) is 1.64. The first kappa shape index (κ1) is 11.3. The monoisotopic (exact) mass is 205 g/mol. The van der Waals surface area contributed by atoms with Crippen LogP contribution in [-0.2, 0) is 0 Å². The summed E-state index contributed by atoms with van der Waals surface area (Å²) in [6.45, 7) is 6.43. The first-order valence-corrected chi connectivity index (χ1v) is 4.90. The topological polar surface area (TPSA) is 38.3 Å². The number of rotatable bonds is 5. The minimum atomic E-state index is -0.140. The molecule has 1 aromatic carbocycles. The molecule has 3 heteroatoms. The van der Waals surface area contributed by atoms with Crippen LogP contribution >= 0.6 is 0 Å². The lowest BCUT2D eigenvalue weighted by atomic mass is 10.2. The molecule has 3 nitrogen and oxygen atoms in total. The van der Waals surface area contributed by atoms with Crippen LogP contribution in [0.3, 0.4) is 0 Å². The Morgan fingerprint density at radius 1 is 1.53 bits per heavy atom. The molecule has 80 valence electrons. The van der Waals surface area contributed by atoms with Crippen molar-refractivity contribution in [3.8, 4) is 5.75 Å². The highest BCUT2D eigenvalue weighted by molar-refractivity contribution is 5.96. The quantitative estimate of drug-likeness (QED) is 0.747. The smallest absolute Gasteiger partial charge is 0.255 e.